The van der Waals surface area contributed by atoms with E-state index in [2.05, 4.69) is 0 Å². The molecule has 0 saturated carbocycles. The molecular weight excluding hydrogens is 245 g/mol. The zero-order chi connectivity index (χ0) is 3.58. The van der Waals surface area contributed by atoms with Crippen LogP contribution in [0.15, 0.2) is 0 Å². The van der Waals surface area contributed by atoms with Gasteiger partial charge in [-0.25, -0.2) is 0 Å². The molecule has 4 N–H and O–H groups in total. The summed E-state index contributed by atoms with van der Waals surface area (Å²) in [5.74, 6) is 0. The standard InChI is InChI=1S/2Na.2H2O.3O.Sn/h;;2*1H2;;;;/q2*+1;;;;2*-1;. The molecule has 0 aliphatic carbocycles. The molecule has 0 aliphatic rings. The molecule has 0 aromatic rings. The van der Waals surface area contributed by atoms with Gasteiger partial charge in [-0.3, -0.25) is 0 Å². The van der Waals surface area contributed by atoms with E-state index < -0.39 is 20.6 Å². The van der Waals surface area contributed by atoms with E-state index in [1.807, 2.05) is 0 Å². The van der Waals surface area contributed by atoms with Crippen molar-refractivity contribution in [3.8, 4) is 0 Å². The second-order valence-corrected chi connectivity index (χ2v) is 1.68. The van der Waals surface area contributed by atoms with Crippen LogP contribution in [0.5, 0.6) is 0 Å². The third-order valence-corrected chi connectivity index (χ3v) is 0. The van der Waals surface area contributed by atoms with Gasteiger partial charge in [0.05, 0.1) is 0 Å². The molecule has 8 heavy (non-hydrogen) atoms. The van der Waals surface area contributed by atoms with Crippen LogP contribution in [-0.2, 0) is 3.08 Å². The van der Waals surface area contributed by atoms with Gasteiger partial charge >= 0.3 is 89.7 Å². The maximum absolute atomic E-state index is 8.61. The first-order valence-electron chi connectivity index (χ1n) is 0.612. The Kier molecular flexibility index (Phi) is 89.3. The molecular formula is H4Na2O5Sn. The van der Waals surface area contributed by atoms with Gasteiger partial charge in [-0.05, 0) is 0 Å². The summed E-state index contributed by atoms with van der Waals surface area (Å²) in [6, 6.07) is 0. The Bertz CT molecular complexity index is 33.4. The first kappa shape index (κ1) is 31.4. The first-order valence-corrected chi connectivity index (χ1v) is 4.11. The average molecular weight is 249 g/mol. The topological polar surface area (TPSA) is 126 Å². The van der Waals surface area contributed by atoms with Crippen LogP contribution >= 0.6 is 0 Å². The summed E-state index contributed by atoms with van der Waals surface area (Å²) >= 11 is -4.29. The molecule has 0 unspecified atom stereocenters. The van der Waals surface area contributed by atoms with Crippen LogP contribution in [0.3, 0.4) is 0 Å². The second-order valence-electron chi connectivity index (χ2n) is 0.250. The van der Waals surface area contributed by atoms with Crippen LogP contribution in [0, 0.1) is 0 Å². The molecule has 0 radical (unpaired) electrons. The molecule has 0 aromatic carbocycles. The Balaban J connectivity index is -0.00000000750. The molecule has 0 spiro atoms. The average Bonchev–Trinajstić information content (AvgIpc) is 0.811. The molecule has 0 fully saturated rings. The van der Waals surface area contributed by atoms with Crippen molar-refractivity contribution in [2.24, 2.45) is 0 Å². The van der Waals surface area contributed by atoms with E-state index in [9.17, 15) is 0 Å². The third-order valence-electron chi connectivity index (χ3n) is 0. The van der Waals surface area contributed by atoms with E-state index in [4.69, 9.17) is 9.96 Å². The maximum atomic E-state index is 8.61. The van der Waals surface area contributed by atoms with Crippen LogP contribution in [0.1, 0.15) is 0 Å². The molecule has 0 atom stereocenters. The van der Waals surface area contributed by atoms with Crippen LogP contribution in [-0.4, -0.2) is 31.5 Å². The molecule has 0 rings (SSSR count). The van der Waals surface area contributed by atoms with Gasteiger partial charge < -0.3 is 11.0 Å². The van der Waals surface area contributed by atoms with Gasteiger partial charge in [0, 0.05) is 0 Å². The molecule has 0 amide bonds. The fraction of sp³-hybridized carbons (Fsp3) is 0. The Labute approximate surface area is 98.9 Å². The van der Waals surface area contributed by atoms with Crippen molar-refractivity contribution in [2.75, 3.05) is 0 Å². The number of hydrogen-bond acceptors (Lipinski definition) is 3. The summed E-state index contributed by atoms with van der Waals surface area (Å²) in [7, 11) is 0. The zero-order valence-corrected chi connectivity index (χ0v) is 11.6. The van der Waals surface area contributed by atoms with Crippen LogP contribution < -0.4 is 66.0 Å². The van der Waals surface area contributed by atoms with Gasteiger partial charge in [0.15, 0.2) is 0 Å². The summed E-state index contributed by atoms with van der Waals surface area (Å²) in [5.41, 5.74) is 0. The third kappa shape index (κ3) is 78.5. The molecule has 0 aromatic heterocycles. The Morgan fingerprint density at radius 2 is 1.00 bits per heavy atom. The Morgan fingerprint density at radius 3 is 1.00 bits per heavy atom. The molecule has 0 bridgehead atoms. The van der Waals surface area contributed by atoms with Gasteiger partial charge in [-0.1, -0.05) is 0 Å². The predicted molar refractivity (Wildman–Crippen MR) is 13.7 cm³/mol. The van der Waals surface area contributed by atoms with Crippen molar-refractivity contribution in [2.45, 2.75) is 0 Å². The van der Waals surface area contributed by atoms with Gasteiger partial charge in [-0.2, -0.15) is 0 Å². The SMILES string of the molecule is O.O.[Na+].[Na+].[O]=[Sn]([O-])[O-]. The summed E-state index contributed by atoms with van der Waals surface area (Å²) in [5, 5.41) is 0. The molecule has 8 heteroatoms. The molecule has 40 valence electrons. The van der Waals surface area contributed by atoms with Gasteiger partial charge in [-0.15, -0.1) is 0 Å². The van der Waals surface area contributed by atoms with Gasteiger partial charge in [0.25, 0.3) is 0 Å². The number of hydrogen-bond donors (Lipinski definition) is 0. The molecule has 0 saturated heterocycles. The molecule has 0 heterocycles. The van der Waals surface area contributed by atoms with Crippen LogP contribution in [0.2, 0.25) is 0 Å². The monoisotopic (exact) mass is 250 g/mol. The quantitative estimate of drug-likeness (QED) is 0.395. The Morgan fingerprint density at radius 1 is 1.00 bits per heavy atom. The zero-order valence-electron chi connectivity index (χ0n) is 4.72. The predicted octanol–water partition coefficient (Wildman–Crippen LogP) is -10.5. The van der Waals surface area contributed by atoms with E-state index in [1.54, 1.807) is 0 Å². The van der Waals surface area contributed by atoms with Crippen molar-refractivity contribution in [1.29, 1.82) is 0 Å². The first-order chi connectivity index (χ1) is 1.73. The normalized spacial score (nSPS) is 3.25. The van der Waals surface area contributed by atoms with Crippen LogP contribution in [0.25, 0.3) is 0 Å². The van der Waals surface area contributed by atoms with Gasteiger partial charge in [0.1, 0.15) is 0 Å². The molecule has 0 aliphatic heterocycles. The van der Waals surface area contributed by atoms with Crippen molar-refractivity contribution >= 4 is 20.6 Å². The van der Waals surface area contributed by atoms with E-state index in [-0.39, 0.29) is 70.1 Å². The molecule has 5 nitrogen and oxygen atoms in total. The summed E-state index contributed by atoms with van der Waals surface area (Å²) in [6.07, 6.45) is 0. The van der Waals surface area contributed by atoms with E-state index >= 15 is 0 Å². The number of rotatable bonds is 0. The minimum atomic E-state index is -4.29. The summed E-state index contributed by atoms with van der Waals surface area (Å²) < 4.78 is 25.8. The fourth-order valence-corrected chi connectivity index (χ4v) is 0. The fourth-order valence-electron chi connectivity index (χ4n) is 0. The summed E-state index contributed by atoms with van der Waals surface area (Å²) in [4.78, 5) is 0. The van der Waals surface area contributed by atoms with Crippen LogP contribution in [0.4, 0.5) is 0 Å². The van der Waals surface area contributed by atoms with Crippen molar-refractivity contribution in [3.63, 3.8) is 0 Å². The van der Waals surface area contributed by atoms with Crippen molar-refractivity contribution < 1.29 is 80.0 Å². The minimum absolute atomic E-state index is 0. The second kappa shape index (κ2) is 22.7. The van der Waals surface area contributed by atoms with E-state index in [0.717, 1.165) is 0 Å². The van der Waals surface area contributed by atoms with E-state index in [1.165, 1.54) is 0 Å². The Hall–Kier alpha value is 2.44. The summed E-state index contributed by atoms with van der Waals surface area (Å²) in [6.45, 7) is 0. The van der Waals surface area contributed by atoms with Gasteiger partial charge in [0.2, 0.25) is 0 Å². The van der Waals surface area contributed by atoms with E-state index in [0.29, 0.717) is 0 Å². The van der Waals surface area contributed by atoms with Crippen molar-refractivity contribution in [3.05, 3.63) is 0 Å². The van der Waals surface area contributed by atoms with Crippen molar-refractivity contribution in [1.82, 2.24) is 0 Å².